The fourth-order valence-corrected chi connectivity index (χ4v) is 3.20. The quantitative estimate of drug-likeness (QED) is 0.355. The van der Waals surface area contributed by atoms with Crippen LogP contribution in [0, 0.1) is 24.0 Å². The van der Waals surface area contributed by atoms with E-state index in [1.54, 1.807) is 67.1 Å². The lowest BCUT2D eigenvalue weighted by Gasteiger charge is -2.08. The van der Waals surface area contributed by atoms with Gasteiger partial charge in [0.2, 0.25) is 0 Å². The number of hydrogen-bond donors (Lipinski definition) is 1. The molecule has 0 unspecified atom stereocenters. The number of benzene rings is 2. The number of hydrogen-bond acceptors (Lipinski definition) is 6. The van der Waals surface area contributed by atoms with Crippen LogP contribution in [0.25, 0.3) is 0 Å². The topological polar surface area (TPSA) is 116 Å². The minimum absolute atomic E-state index is 0.0237. The molecule has 1 heterocycles. The molecule has 1 N–H and O–H groups in total. The number of nitro groups is 1. The van der Waals surface area contributed by atoms with Crippen LogP contribution in [-0.2, 0) is 17.8 Å². The van der Waals surface area contributed by atoms with Gasteiger partial charge in [-0.2, -0.15) is 5.10 Å². The molecule has 31 heavy (non-hydrogen) atoms. The van der Waals surface area contributed by atoms with Crippen molar-refractivity contribution in [2.24, 2.45) is 0 Å². The summed E-state index contributed by atoms with van der Waals surface area (Å²) in [5.74, 6) is -0.643. The van der Waals surface area contributed by atoms with Gasteiger partial charge in [-0.25, -0.2) is 4.79 Å². The monoisotopic (exact) mass is 422 g/mol. The van der Waals surface area contributed by atoms with Crippen molar-refractivity contribution in [2.75, 3.05) is 7.11 Å². The van der Waals surface area contributed by atoms with Gasteiger partial charge >= 0.3 is 11.7 Å². The van der Waals surface area contributed by atoms with Gasteiger partial charge in [0.25, 0.3) is 5.91 Å². The second-order valence-electron chi connectivity index (χ2n) is 7.00. The number of aromatic nitrogens is 2. The molecule has 1 aromatic heterocycles. The van der Waals surface area contributed by atoms with Gasteiger partial charge in [-0.15, -0.1) is 0 Å². The van der Waals surface area contributed by atoms with Crippen LogP contribution in [-0.4, -0.2) is 33.7 Å². The molecule has 0 saturated heterocycles. The van der Waals surface area contributed by atoms with Gasteiger partial charge in [0.1, 0.15) is 11.4 Å². The highest BCUT2D eigenvalue weighted by molar-refractivity contribution is 5.94. The summed E-state index contributed by atoms with van der Waals surface area (Å²) in [6.07, 6.45) is 0. The summed E-state index contributed by atoms with van der Waals surface area (Å²) in [5, 5.41) is 18.2. The van der Waals surface area contributed by atoms with Crippen LogP contribution in [0.2, 0.25) is 0 Å². The first-order valence-electron chi connectivity index (χ1n) is 9.53. The molecule has 0 atom stereocenters. The summed E-state index contributed by atoms with van der Waals surface area (Å²) in [5.41, 5.74) is 3.55. The molecular formula is C22H22N4O5. The summed E-state index contributed by atoms with van der Waals surface area (Å²) < 4.78 is 6.24. The van der Waals surface area contributed by atoms with Crippen LogP contribution in [0.3, 0.4) is 0 Å². The summed E-state index contributed by atoms with van der Waals surface area (Å²) >= 11 is 0. The van der Waals surface area contributed by atoms with Crippen molar-refractivity contribution >= 4 is 17.6 Å². The molecule has 3 rings (SSSR count). The van der Waals surface area contributed by atoms with E-state index in [0.29, 0.717) is 35.6 Å². The number of amides is 1. The number of rotatable bonds is 7. The van der Waals surface area contributed by atoms with Crippen LogP contribution in [0.4, 0.5) is 5.69 Å². The molecule has 9 nitrogen and oxygen atoms in total. The van der Waals surface area contributed by atoms with Crippen molar-refractivity contribution in [3.63, 3.8) is 0 Å². The smallest absolute Gasteiger partial charge is 0.337 e. The maximum atomic E-state index is 12.4. The Balaban J connectivity index is 1.61. The molecule has 160 valence electrons. The van der Waals surface area contributed by atoms with Crippen LogP contribution >= 0.6 is 0 Å². The number of carbonyl (C=O) groups excluding carboxylic acids is 2. The van der Waals surface area contributed by atoms with E-state index in [0.717, 1.165) is 11.1 Å². The largest absolute Gasteiger partial charge is 0.465 e. The van der Waals surface area contributed by atoms with Crippen LogP contribution in [0.15, 0.2) is 48.5 Å². The third-order valence-corrected chi connectivity index (χ3v) is 4.90. The molecule has 0 bridgehead atoms. The third kappa shape index (κ3) is 4.95. The van der Waals surface area contributed by atoms with Gasteiger partial charge in [-0.1, -0.05) is 24.3 Å². The average Bonchev–Trinajstić information content (AvgIpc) is 3.05. The van der Waals surface area contributed by atoms with Gasteiger partial charge in [0, 0.05) is 12.1 Å². The van der Waals surface area contributed by atoms with Crippen LogP contribution in [0.1, 0.15) is 43.2 Å². The fourth-order valence-electron chi connectivity index (χ4n) is 3.20. The number of aryl methyl sites for hydroxylation is 1. The summed E-state index contributed by atoms with van der Waals surface area (Å²) in [4.78, 5) is 34.6. The predicted octanol–water partition coefficient (Wildman–Crippen LogP) is 3.17. The molecule has 0 saturated carbocycles. The second kappa shape index (κ2) is 9.21. The van der Waals surface area contributed by atoms with E-state index in [-0.39, 0.29) is 11.6 Å². The van der Waals surface area contributed by atoms with E-state index in [1.165, 1.54) is 7.11 Å². The van der Waals surface area contributed by atoms with E-state index in [1.807, 2.05) is 0 Å². The average molecular weight is 422 g/mol. The molecule has 3 aromatic rings. The normalized spacial score (nSPS) is 10.5. The van der Waals surface area contributed by atoms with Gasteiger partial charge in [-0.05, 0) is 49.2 Å². The van der Waals surface area contributed by atoms with Crippen molar-refractivity contribution in [1.82, 2.24) is 15.1 Å². The van der Waals surface area contributed by atoms with E-state index in [4.69, 9.17) is 0 Å². The Morgan fingerprint density at radius 3 is 2.16 bits per heavy atom. The third-order valence-electron chi connectivity index (χ3n) is 4.90. The van der Waals surface area contributed by atoms with E-state index >= 15 is 0 Å². The molecule has 0 fully saturated rings. The molecule has 0 aliphatic rings. The standard InChI is InChI=1S/C22H22N4O5/c1-14-20(26(29)30)15(2)25(24-14)13-17-6-8-18(9-7-17)21(27)23-12-16-4-10-19(11-5-16)22(28)31-3/h4-11H,12-13H2,1-3H3,(H,23,27). The lowest BCUT2D eigenvalue weighted by atomic mass is 10.1. The van der Waals surface area contributed by atoms with Crippen molar-refractivity contribution in [3.8, 4) is 0 Å². The van der Waals surface area contributed by atoms with Gasteiger partial charge in [-0.3, -0.25) is 19.6 Å². The zero-order chi connectivity index (χ0) is 22.5. The Labute approximate surface area is 178 Å². The number of nitrogens with one attached hydrogen (secondary N) is 1. The summed E-state index contributed by atoms with van der Waals surface area (Å²) in [6.45, 7) is 3.96. The number of methoxy groups -OCH3 is 1. The molecule has 0 aliphatic heterocycles. The minimum atomic E-state index is -0.426. The Kier molecular flexibility index (Phi) is 6.44. The number of esters is 1. The highest BCUT2D eigenvalue weighted by Gasteiger charge is 2.21. The van der Waals surface area contributed by atoms with Crippen molar-refractivity contribution in [2.45, 2.75) is 26.9 Å². The Bertz CT molecular complexity index is 1120. The lowest BCUT2D eigenvalue weighted by Crippen LogP contribution is -2.22. The Hall–Kier alpha value is -4.01. The number of carbonyl (C=O) groups is 2. The van der Waals surface area contributed by atoms with E-state index in [2.05, 4.69) is 15.2 Å². The molecule has 0 spiro atoms. The lowest BCUT2D eigenvalue weighted by molar-refractivity contribution is -0.386. The first-order valence-corrected chi connectivity index (χ1v) is 9.53. The second-order valence-corrected chi connectivity index (χ2v) is 7.00. The molecule has 9 heteroatoms. The van der Waals surface area contributed by atoms with Crippen molar-refractivity contribution in [3.05, 3.63) is 92.3 Å². The van der Waals surface area contributed by atoms with Crippen molar-refractivity contribution < 1.29 is 19.2 Å². The summed E-state index contributed by atoms with van der Waals surface area (Å²) in [7, 11) is 1.32. The number of nitrogens with zero attached hydrogens (tertiary/aromatic N) is 3. The summed E-state index contributed by atoms with van der Waals surface area (Å²) in [6, 6.07) is 13.8. The first kappa shape index (κ1) is 21.7. The Morgan fingerprint density at radius 1 is 1.03 bits per heavy atom. The van der Waals surface area contributed by atoms with E-state index < -0.39 is 10.9 Å². The maximum Gasteiger partial charge on any atom is 0.337 e. The zero-order valence-electron chi connectivity index (χ0n) is 17.4. The minimum Gasteiger partial charge on any atom is -0.465 e. The van der Waals surface area contributed by atoms with Crippen LogP contribution < -0.4 is 5.32 Å². The van der Waals surface area contributed by atoms with Crippen molar-refractivity contribution in [1.29, 1.82) is 0 Å². The van der Waals surface area contributed by atoms with Gasteiger partial charge < -0.3 is 10.1 Å². The first-order chi connectivity index (χ1) is 14.8. The molecule has 1 amide bonds. The van der Waals surface area contributed by atoms with E-state index in [9.17, 15) is 19.7 Å². The SMILES string of the molecule is COC(=O)c1ccc(CNC(=O)c2ccc(Cn3nc(C)c([N+](=O)[O-])c3C)cc2)cc1. The molecule has 0 radical (unpaired) electrons. The van der Waals surface area contributed by atoms with Crippen LogP contribution in [0.5, 0.6) is 0 Å². The fraction of sp³-hybridized carbons (Fsp3) is 0.227. The highest BCUT2D eigenvalue weighted by Crippen LogP contribution is 2.22. The molecule has 2 aromatic carbocycles. The molecular weight excluding hydrogens is 400 g/mol. The van der Waals surface area contributed by atoms with Gasteiger partial charge in [0.05, 0.1) is 24.1 Å². The highest BCUT2D eigenvalue weighted by atomic mass is 16.6. The number of ether oxygens (including phenoxy) is 1. The Morgan fingerprint density at radius 2 is 1.61 bits per heavy atom. The predicted molar refractivity (Wildman–Crippen MR) is 113 cm³/mol. The zero-order valence-corrected chi connectivity index (χ0v) is 17.4. The maximum absolute atomic E-state index is 12.4. The molecule has 0 aliphatic carbocycles. The van der Waals surface area contributed by atoms with Gasteiger partial charge in [0.15, 0.2) is 0 Å².